The van der Waals surface area contributed by atoms with Crippen molar-refractivity contribution < 1.29 is 4.74 Å². The monoisotopic (exact) mass is 356 g/mol. The molecule has 0 spiro atoms. The molecule has 1 saturated carbocycles. The fourth-order valence-corrected chi connectivity index (χ4v) is 4.02. The molecule has 0 N–H and O–H groups in total. The largest absolute Gasteiger partial charge is 0.496 e. The van der Waals surface area contributed by atoms with E-state index in [-0.39, 0.29) is 0 Å². The number of likely N-dealkylation sites (N-methyl/N-ethyl adjacent to an activating group) is 1. The minimum Gasteiger partial charge on any atom is -0.496 e. The Morgan fingerprint density at radius 3 is 2.85 bits per heavy atom. The van der Waals surface area contributed by atoms with Gasteiger partial charge in [-0.25, -0.2) is 4.31 Å². The van der Waals surface area contributed by atoms with Crippen LogP contribution in [0.3, 0.4) is 0 Å². The number of halogens is 1. The second-order valence-electron chi connectivity index (χ2n) is 5.62. The zero-order valence-corrected chi connectivity index (χ0v) is 14.5. The number of methoxy groups -OCH3 is 1. The Hall–Kier alpha value is -0.390. The molecule has 0 saturated heterocycles. The van der Waals surface area contributed by atoms with Gasteiger partial charge in [0.05, 0.1) is 22.2 Å². The van der Waals surface area contributed by atoms with Crippen LogP contribution in [0.25, 0.3) is 0 Å². The lowest BCUT2D eigenvalue weighted by atomic mass is 10.2. The molecule has 0 bridgehead atoms. The number of nitrogens with zero attached hydrogens (tertiary/aromatic N) is 2. The third-order valence-corrected chi connectivity index (χ3v) is 5.65. The zero-order valence-electron chi connectivity index (χ0n) is 12.1. The normalized spacial score (nSPS) is 19.6. The number of hydrogen-bond acceptors (Lipinski definition) is 4. The van der Waals surface area contributed by atoms with Gasteiger partial charge in [0.2, 0.25) is 0 Å². The lowest BCUT2D eigenvalue weighted by Crippen LogP contribution is -2.30. The molecule has 1 aliphatic heterocycles. The van der Waals surface area contributed by atoms with Gasteiger partial charge in [0.25, 0.3) is 0 Å². The van der Waals surface area contributed by atoms with Crippen LogP contribution < -0.4 is 9.64 Å². The summed E-state index contributed by atoms with van der Waals surface area (Å²) >= 11 is 5.44. The molecule has 0 amide bonds. The topological polar surface area (TPSA) is 15.7 Å². The van der Waals surface area contributed by atoms with E-state index >= 15 is 0 Å². The maximum atomic E-state index is 5.43. The van der Waals surface area contributed by atoms with E-state index in [1.807, 2.05) is 11.9 Å². The minimum atomic E-state index is 0.911. The second-order valence-corrected chi connectivity index (χ2v) is 7.72. The van der Waals surface area contributed by atoms with Gasteiger partial charge in [0.1, 0.15) is 5.75 Å². The third kappa shape index (κ3) is 3.26. The van der Waals surface area contributed by atoms with Gasteiger partial charge in [0, 0.05) is 19.6 Å². The van der Waals surface area contributed by atoms with Crippen LogP contribution in [-0.2, 0) is 0 Å². The summed E-state index contributed by atoms with van der Waals surface area (Å²) in [5.41, 5.74) is 1.34. The molecule has 1 fully saturated rings. The Labute approximate surface area is 133 Å². The Kier molecular flexibility index (Phi) is 4.48. The first-order valence-electron chi connectivity index (χ1n) is 7.19. The third-order valence-electron chi connectivity index (χ3n) is 4.02. The van der Waals surface area contributed by atoms with Gasteiger partial charge in [-0.1, -0.05) is 12.8 Å². The van der Waals surface area contributed by atoms with E-state index in [1.165, 1.54) is 36.4 Å². The first-order valence-corrected chi connectivity index (χ1v) is 8.75. The van der Waals surface area contributed by atoms with Crippen molar-refractivity contribution in [3.05, 3.63) is 16.6 Å². The summed E-state index contributed by atoms with van der Waals surface area (Å²) in [6, 6.07) is 4.36. The fraction of sp³-hybridized carbons (Fsp3) is 0.600. The average molecular weight is 357 g/mol. The van der Waals surface area contributed by atoms with Crippen molar-refractivity contribution in [1.82, 2.24) is 4.31 Å². The van der Waals surface area contributed by atoms with Crippen LogP contribution in [0.2, 0.25) is 0 Å². The van der Waals surface area contributed by atoms with Crippen LogP contribution in [0.4, 0.5) is 5.69 Å². The van der Waals surface area contributed by atoms with Crippen molar-refractivity contribution in [2.75, 3.05) is 38.7 Å². The highest BCUT2D eigenvalue weighted by molar-refractivity contribution is 9.10. The van der Waals surface area contributed by atoms with E-state index in [4.69, 9.17) is 4.74 Å². The molecule has 110 valence electrons. The zero-order chi connectivity index (χ0) is 14.1. The van der Waals surface area contributed by atoms with Crippen LogP contribution in [0, 0.1) is 5.92 Å². The van der Waals surface area contributed by atoms with E-state index in [9.17, 15) is 0 Å². The fourth-order valence-electron chi connectivity index (χ4n) is 2.57. The molecule has 1 aromatic carbocycles. The Balaban J connectivity index is 1.87. The second kappa shape index (κ2) is 6.16. The molecule has 1 aromatic rings. The molecule has 1 heterocycles. The predicted octanol–water partition coefficient (Wildman–Crippen LogP) is 4.02. The highest BCUT2D eigenvalue weighted by Crippen LogP contribution is 2.42. The van der Waals surface area contributed by atoms with E-state index in [0.29, 0.717) is 0 Å². The highest BCUT2D eigenvalue weighted by atomic mass is 79.9. The lowest BCUT2D eigenvalue weighted by Gasteiger charge is -2.25. The molecule has 0 atom stereocenters. The van der Waals surface area contributed by atoms with Gasteiger partial charge in [-0.3, -0.25) is 0 Å². The maximum Gasteiger partial charge on any atom is 0.134 e. The molecule has 2 aliphatic rings. The first kappa shape index (κ1) is 14.5. The molecular weight excluding hydrogens is 336 g/mol. The molecule has 20 heavy (non-hydrogen) atoms. The van der Waals surface area contributed by atoms with Gasteiger partial charge in [-0.05, 0) is 59.4 Å². The van der Waals surface area contributed by atoms with Gasteiger partial charge in [-0.15, -0.1) is 0 Å². The number of fused-ring (bicyclic) bond motifs is 1. The lowest BCUT2D eigenvalue weighted by molar-refractivity contribution is 0.411. The average Bonchev–Trinajstić information content (AvgIpc) is 3.24. The quantitative estimate of drug-likeness (QED) is 0.756. The van der Waals surface area contributed by atoms with E-state index < -0.39 is 0 Å². The van der Waals surface area contributed by atoms with Crippen molar-refractivity contribution >= 4 is 33.6 Å². The van der Waals surface area contributed by atoms with Crippen LogP contribution in [-0.4, -0.2) is 38.1 Å². The summed E-state index contributed by atoms with van der Waals surface area (Å²) in [6.45, 7) is 3.36. The number of ether oxygens (including phenoxy) is 1. The Morgan fingerprint density at radius 2 is 2.15 bits per heavy atom. The van der Waals surface area contributed by atoms with Crippen molar-refractivity contribution in [2.45, 2.75) is 24.2 Å². The number of benzene rings is 1. The summed E-state index contributed by atoms with van der Waals surface area (Å²) < 4.78 is 8.78. The summed E-state index contributed by atoms with van der Waals surface area (Å²) in [7, 11) is 3.88. The number of anilines is 1. The van der Waals surface area contributed by atoms with Crippen molar-refractivity contribution in [2.24, 2.45) is 5.92 Å². The van der Waals surface area contributed by atoms with Crippen LogP contribution in [0.15, 0.2) is 21.5 Å². The summed E-state index contributed by atoms with van der Waals surface area (Å²) in [5, 5.41) is 0. The first-order chi connectivity index (χ1) is 9.67. The van der Waals surface area contributed by atoms with E-state index in [1.54, 1.807) is 7.11 Å². The van der Waals surface area contributed by atoms with Crippen molar-refractivity contribution in [1.29, 1.82) is 0 Å². The van der Waals surface area contributed by atoms with Gasteiger partial charge in [-0.2, -0.15) is 0 Å². The SMILES string of the molecule is COc1cc2c(cc1Br)N(CCC1CC1)CCN(C)S2. The molecule has 0 unspecified atom stereocenters. The molecule has 0 aromatic heterocycles. The molecule has 0 radical (unpaired) electrons. The highest BCUT2D eigenvalue weighted by Gasteiger charge is 2.25. The standard InChI is InChI=1S/C15H21BrN2OS/c1-17-7-8-18(6-5-11-3-4-11)13-9-12(16)14(19-2)10-15(13)20-17/h9-11H,3-8H2,1-2H3. The number of rotatable bonds is 4. The van der Waals surface area contributed by atoms with Gasteiger partial charge in [0.15, 0.2) is 0 Å². The van der Waals surface area contributed by atoms with E-state index in [2.05, 4.69) is 44.3 Å². The maximum absolute atomic E-state index is 5.43. The summed E-state index contributed by atoms with van der Waals surface area (Å²) in [4.78, 5) is 3.83. The van der Waals surface area contributed by atoms with E-state index in [0.717, 1.165) is 29.2 Å². The molecule has 5 heteroatoms. The predicted molar refractivity (Wildman–Crippen MR) is 88.7 cm³/mol. The van der Waals surface area contributed by atoms with Gasteiger partial charge < -0.3 is 9.64 Å². The van der Waals surface area contributed by atoms with Gasteiger partial charge >= 0.3 is 0 Å². The summed E-state index contributed by atoms with van der Waals surface area (Å²) in [6.07, 6.45) is 4.20. The van der Waals surface area contributed by atoms with Crippen molar-refractivity contribution in [3.63, 3.8) is 0 Å². The van der Waals surface area contributed by atoms with Crippen LogP contribution in [0.5, 0.6) is 5.75 Å². The Bertz CT molecular complexity index is 493. The molecule has 3 nitrogen and oxygen atoms in total. The van der Waals surface area contributed by atoms with Crippen LogP contribution in [0.1, 0.15) is 19.3 Å². The summed E-state index contributed by atoms with van der Waals surface area (Å²) in [5.74, 6) is 1.89. The Morgan fingerprint density at radius 1 is 1.35 bits per heavy atom. The molecular formula is C15H21BrN2OS. The number of hydrogen-bond donors (Lipinski definition) is 0. The minimum absolute atomic E-state index is 0.911. The van der Waals surface area contributed by atoms with Crippen LogP contribution >= 0.6 is 27.9 Å². The smallest absolute Gasteiger partial charge is 0.134 e. The van der Waals surface area contributed by atoms with Crippen molar-refractivity contribution in [3.8, 4) is 5.75 Å². The molecule has 1 aliphatic carbocycles. The molecule has 3 rings (SSSR count).